The van der Waals surface area contributed by atoms with Gasteiger partial charge in [-0.2, -0.15) is 0 Å². The first-order valence-corrected chi connectivity index (χ1v) is 7.50. The van der Waals surface area contributed by atoms with Gasteiger partial charge in [0.05, 0.1) is 0 Å². The van der Waals surface area contributed by atoms with Gasteiger partial charge in [-0.15, -0.1) is 0 Å². The molecule has 106 valence electrons. The Balaban J connectivity index is 2.01. The van der Waals surface area contributed by atoms with Crippen LogP contribution in [0.1, 0.15) is 32.3 Å². The summed E-state index contributed by atoms with van der Waals surface area (Å²) in [7, 11) is 2.18. The van der Waals surface area contributed by atoms with Gasteiger partial charge in [-0.1, -0.05) is 37.6 Å². The summed E-state index contributed by atoms with van der Waals surface area (Å²) in [5.41, 5.74) is 7.50. The second-order valence-corrected chi connectivity index (χ2v) is 6.76. The largest absolute Gasteiger partial charge is 0.329 e. The summed E-state index contributed by atoms with van der Waals surface area (Å²) in [5, 5.41) is 0.807. The van der Waals surface area contributed by atoms with Gasteiger partial charge in [0.2, 0.25) is 0 Å². The molecule has 2 nitrogen and oxygen atoms in total. The number of hydrogen-bond acceptors (Lipinski definition) is 2. The third-order valence-electron chi connectivity index (χ3n) is 4.73. The normalized spacial score (nSPS) is 26.8. The topological polar surface area (TPSA) is 29.3 Å². The maximum Gasteiger partial charge on any atom is 0.0409 e. The van der Waals surface area contributed by atoms with Crippen molar-refractivity contribution >= 4 is 11.6 Å². The van der Waals surface area contributed by atoms with Crippen molar-refractivity contribution in [3.8, 4) is 0 Å². The van der Waals surface area contributed by atoms with E-state index in [-0.39, 0.29) is 5.54 Å². The minimum atomic E-state index is 0.192. The first kappa shape index (κ1) is 14.8. The van der Waals surface area contributed by atoms with E-state index >= 15 is 0 Å². The lowest BCUT2D eigenvalue weighted by Crippen LogP contribution is -2.60. The van der Waals surface area contributed by atoms with Gasteiger partial charge in [-0.05, 0) is 49.4 Å². The smallest absolute Gasteiger partial charge is 0.0409 e. The first-order valence-electron chi connectivity index (χ1n) is 7.12. The lowest BCUT2D eigenvalue weighted by molar-refractivity contribution is -0.0244. The summed E-state index contributed by atoms with van der Waals surface area (Å²) in [6.07, 6.45) is 2.44. The highest BCUT2D eigenvalue weighted by Crippen LogP contribution is 2.45. The third kappa shape index (κ3) is 3.13. The van der Waals surface area contributed by atoms with E-state index in [0.29, 0.717) is 0 Å². The summed E-state index contributed by atoms with van der Waals surface area (Å²) in [4.78, 5) is 2.41. The Kier molecular flexibility index (Phi) is 4.54. The van der Waals surface area contributed by atoms with Crippen LogP contribution >= 0.6 is 11.6 Å². The van der Waals surface area contributed by atoms with Crippen molar-refractivity contribution in [1.29, 1.82) is 0 Å². The molecule has 0 aromatic heterocycles. The SMILES string of the molecule is CC(C)C1CC(CN)(N(C)Cc2cccc(Cl)c2)C1. The zero-order valence-corrected chi connectivity index (χ0v) is 13.0. The monoisotopic (exact) mass is 280 g/mol. The predicted molar refractivity (Wildman–Crippen MR) is 82.3 cm³/mol. The van der Waals surface area contributed by atoms with Crippen molar-refractivity contribution in [1.82, 2.24) is 4.90 Å². The summed E-state index contributed by atoms with van der Waals surface area (Å²) in [6, 6.07) is 8.10. The number of halogens is 1. The molecule has 0 spiro atoms. The molecule has 0 saturated heterocycles. The second-order valence-electron chi connectivity index (χ2n) is 6.33. The average Bonchev–Trinajstić information content (AvgIpc) is 2.27. The molecule has 1 aromatic carbocycles. The van der Waals surface area contributed by atoms with E-state index in [2.05, 4.69) is 31.9 Å². The van der Waals surface area contributed by atoms with Gasteiger partial charge in [-0.25, -0.2) is 0 Å². The molecular weight excluding hydrogens is 256 g/mol. The molecule has 0 bridgehead atoms. The highest BCUT2D eigenvalue weighted by atomic mass is 35.5. The molecule has 0 atom stereocenters. The Bertz CT molecular complexity index is 425. The molecule has 0 heterocycles. The number of rotatable bonds is 5. The van der Waals surface area contributed by atoms with Crippen LogP contribution in [-0.2, 0) is 6.54 Å². The Hall–Kier alpha value is -0.570. The van der Waals surface area contributed by atoms with Crippen LogP contribution in [0.3, 0.4) is 0 Å². The third-order valence-corrected chi connectivity index (χ3v) is 4.96. The molecule has 3 heteroatoms. The molecule has 1 aliphatic rings. The zero-order valence-electron chi connectivity index (χ0n) is 12.2. The first-order chi connectivity index (χ1) is 8.97. The standard InChI is InChI=1S/C16H25ClN2/c1-12(2)14-8-16(9-14,11-18)19(3)10-13-5-4-6-15(17)7-13/h4-7,12,14H,8-11,18H2,1-3H3. The van der Waals surface area contributed by atoms with E-state index in [1.54, 1.807) is 0 Å². The van der Waals surface area contributed by atoms with Crippen molar-refractivity contribution in [2.24, 2.45) is 17.6 Å². The van der Waals surface area contributed by atoms with Crippen LogP contribution in [0.25, 0.3) is 0 Å². The van der Waals surface area contributed by atoms with Gasteiger partial charge in [0.15, 0.2) is 0 Å². The van der Waals surface area contributed by atoms with Gasteiger partial charge in [-0.3, -0.25) is 4.90 Å². The van der Waals surface area contributed by atoms with Crippen LogP contribution in [0.4, 0.5) is 0 Å². The molecule has 0 amide bonds. The van der Waals surface area contributed by atoms with E-state index in [0.717, 1.165) is 29.9 Å². The Morgan fingerprint density at radius 1 is 1.42 bits per heavy atom. The van der Waals surface area contributed by atoms with Crippen LogP contribution < -0.4 is 5.73 Å². The summed E-state index contributed by atoms with van der Waals surface area (Å²) in [5.74, 6) is 1.59. The van der Waals surface area contributed by atoms with Gasteiger partial charge in [0.1, 0.15) is 0 Å². The molecule has 0 aliphatic heterocycles. The molecule has 1 aromatic rings. The number of benzene rings is 1. The van der Waals surface area contributed by atoms with Crippen LogP contribution in [0, 0.1) is 11.8 Å². The molecule has 1 fully saturated rings. The summed E-state index contributed by atoms with van der Waals surface area (Å²) in [6.45, 7) is 6.28. The maximum atomic E-state index is 6.05. The van der Waals surface area contributed by atoms with Gasteiger partial charge < -0.3 is 5.73 Å². The fraction of sp³-hybridized carbons (Fsp3) is 0.625. The highest BCUT2D eigenvalue weighted by molar-refractivity contribution is 6.30. The molecule has 0 unspecified atom stereocenters. The van der Waals surface area contributed by atoms with E-state index in [1.807, 2.05) is 18.2 Å². The van der Waals surface area contributed by atoms with E-state index in [9.17, 15) is 0 Å². The van der Waals surface area contributed by atoms with Crippen molar-refractivity contribution < 1.29 is 0 Å². The fourth-order valence-corrected chi connectivity index (χ4v) is 3.31. The molecule has 1 aliphatic carbocycles. The van der Waals surface area contributed by atoms with E-state index in [1.165, 1.54) is 18.4 Å². The predicted octanol–water partition coefficient (Wildman–Crippen LogP) is 3.54. The zero-order chi connectivity index (χ0) is 14.0. The minimum Gasteiger partial charge on any atom is -0.329 e. The fourth-order valence-electron chi connectivity index (χ4n) is 3.10. The number of hydrogen-bond donors (Lipinski definition) is 1. The second kappa shape index (κ2) is 5.82. The number of likely N-dealkylation sites (N-methyl/N-ethyl adjacent to an activating group) is 1. The Labute approximate surface area is 121 Å². The molecular formula is C16H25ClN2. The maximum absolute atomic E-state index is 6.05. The van der Waals surface area contributed by atoms with E-state index in [4.69, 9.17) is 17.3 Å². The Morgan fingerprint density at radius 3 is 2.63 bits per heavy atom. The van der Waals surface area contributed by atoms with Crippen LogP contribution in [0.2, 0.25) is 5.02 Å². The summed E-state index contributed by atoms with van der Waals surface area (Å²) < 4.78 is 0. The van der Waals surface area contributed by atoms with Crippen molar-refractivity contribution in [2.75, 3.05) is 13.6 Å². The average molecular weight is 281 g/mol. The lowest BCUT2D eigenvalue weighted by atomic mass is 9.63. The van der Waals surface area contributed by atoms with Crippen molar-refractivity contribution in [3.63, 3.8) is 0 Å². The number of nitrogens with zero attached hydrogens (tertiary/aromatic N) is 1. The Morgan fingerprint density at radius 2 is 2.11 bits per heavy atom. The van der Waals surface area contributed by atoms with Crippen molar-refractivity contribution in [2.45, 2.75) is 38.8 Å². The molecule has 1 saturated carbocycles. The molecule has 2 rings (SSSR count). The van der Waals surface area contributed by atoms with Crippen LogP contribution in [0.5, 0.6) is 0 Å². The lowest BCUT2D eigenvalue weighted by Gasteiger charge is -2.54. The van der Waals surface area contributed by atoms with Gasteiger partial charge >= 0.3 is 0 Å². The minimum absolute atomic E-state index is 0.192. The van der Waals surface area contributed by atoms with Gasteiger partial charge in [0, 0.05) is 23.7 Å². The molecule has 0 radical (unpaired) electrons. The quantitative estimate of drug-likeness (QED) is 0.894. The summed E-state index contributed by atoms with van der Waals surface area (Å²) >= 11 is 6.05. The van der Waals surface area contributed by atoms with E-state index < -0.39 is 0 Å². The van der Waals surface area contributed by atoms with Gasteiger partial charge in [0.25, 0.3) is 0 Å². The molecule has 19 heavy (non-hydrogen) atoms. The number of nitrogens with two attached hydrogens (primary N) is 1. The van der Waals surface area contributed by atoms with Crippen molar-refractivity contribution in [3.05, 3.63) is 34.9 Å². The van der Waals surface area contributed by atoms with Crippen LogP contribution in [-0.4, -0.2) is 24.0 Å². The molecule has 2 N–H and O–H groups in total. The highest BCUT2D eigenvalue weighted by Gasteiger charge is 2.46. The van der Waals surface area contributed by atoms with Crippen LogP contribution in [0.15, 0.2) is 24.3 Å².